The first kappa shape index (κ1) is 13.3. The Morgan fingerprint density at radius 2 is 1.75 bits per heavy atom. The third kappa shape index (κ3) is 3.39. The number of hydrogen-bond acceptors (Lipinski definition) is 2. The number of nitrogens with one attached hydrogen (secondary N) is 1. The van der Waals surface area contributed by atoms with Crippen molar-refractivity contribution in [2.24, 2.45) is 5.41 Å². The van der Waals surface area contributed by atoms with E-state index in [-0.39, 0.29) is 12.0 Å². The molecule has 90 valence electrons. The fourth-order valence-corrected chi connectivity index (χ4v) is 1.76. The maximum atomic E-state index is 9.44. The van der Waals surface area contributed by atoms with Gasteiger partial charge in [0.05, 0.1) is 6.61 Å². The van der Waals surface area contributed by atoms with Crippen molar-refractivity contribution in [1.29, 1.82) is 0 Å². The van der Waals surface area contributed by atoms with E-state index in [1.54, 1.807) is 0 Å². The SMILES string of the molecule is CCC(CC)(CO)CNc1ccc(Cl)cc1. The lowest BCUT2D eigenvalue weighted by atomic mass is 9.83. The zero-order chi connectivity index (χ0) is 12.0. The van der Waals surface area contributed by atoms with Crippen molar-refractivity contribution in [3.8, 4) is 0 Å². The molecule has 0 spiro atoms. The number of rotatable bonds is 6. The molecule has 0 amide bonds. The van der Waals surface area contributed by atoms with Crippen LogP contribution in [0.5, 0.6) is 0 Å². The molecule has 0 aliphatic heterocycles. The molecule has 0 fully saturated rings. The van der Waals surface area contributed by atoms with E-state index in [2.05, 4.69) is 19.2 Å². The van der Waals surface area contributed by atoms with Crippen LogP contribution in [0.1, 0.15) is 26.7 Å². The summed E-state index contributed by atoms with van der Waals surface area (Å²) in [5.74, 6) is 0. The first-order valence-corrected chi connectivity index (χ1v) is 6.14. The highest BCUT2D eigenvalue weighted by molar-refractivity contribution is 6.30. The fourth-order valence-electron chi connectivity index (χ4n) is 1.64. The zero-order valence-corrected chi connectivity index (χ0v) is 10.7. The summed E-state index contributed by atoms with van der Waals surface area (Å²) < 4.78 is 0. The molecule has 0 aliphatic carbocycles. The summed E-state index contributed by atoms with van der Waals surface area (Å²) >= 11 is 5.82. The van der Waals surface area contributed by atoms with Gasteiger partial charge in [0.2, 0.25) is 0 Å². The lowest BCUT2D eigenvalue weighted by Gasteiger charge is -2.30. The Kier molecular flexibility index (Phi) is 5.10. The van der Waals surface area contributed by atoms with E-state index in [0.717, 1.165) is 30.1 Å². The van der Waals surface area contributed by atoms with Crippen molar-refractivity contribution in [3.05, 3.63) is 29.3 Å². The van der Waals surface area contributed by atoms with Crippen molar-refractivity contribution in [2.75, 3.05) is 18.5 Å². The average molecular weight is 242 g/mol. The third-order valence-corrected chi connectivity index (χ3v) is 3.60. The van der Waals surface area contributed by atoms with Gasteiger partial charge in [0.1, 0.15) is 0 Å². The van der Waals surface area contributed by atoms with Crippen LogP contribution >= 0.6 is 11.6 Å². The van der Waals surface area contributed by atoms with Crippen LogP contribution in [-0.4, -0.2) is 18.3 Å². The van der Waals surface area contributed by atoms with E-state index in [1.165, 1.54) is 0 Å². The average Bonchev–Trinajstić information content (AvgIpc) is 2.34. The van der Waals surface area contributed by atoms with Gasteiger partial charge >= 0.3 is 0 Å². The topological polar surface area (TPSA) is 32.3 Å². The second kappa shape index (κ2) is 6.12. The monoisotopic (exact) mass is 241 g/mol. The standard InChI is InChI=1S/C13H20ClNO/c1-3-13(4-2,10-16)9-15-12-7-5-11(14)6-8-12/h5-8,15-16H,3-4,9-10H2,1-2H3. The van der Waals surface area contributed by atoms with Gasteiger partial charge in [0, 0.05) is 22.7 Å². The van der Waals surface area contributed by atoms with Crippen molar-refractivity contribution in [3.63, 3.8) is 0 Å². The fraction of sp³-hybridized carbons (Fsp3) is 0.538. The molecule has 0 radical (unpaired) electrons. The van der Waals surface area contributed by atoms with E-state index in [9.17, 15) is 5.11 Å². The predicted molar refractivity (Wildman–Crippen MR) is 70.0 cm³/mol. The predicted octanol–water partition coefficient (Wildman–Crippen LogP) is 3.55. The van der Waals surface area contributed by atoms with E-state index in [4.69, 9.17) is 11.6 Å². The van der Waals surface area contributed by atoms with Crippen LogP contribution in [0.2, 0.25) is 5.02 Å². The summed E-state index contributed by atoms with van der Waals surface area (Å²) in [5.41, 5.74) is 1.03. The molecular formula is C13H20ClNO. The van der Waals surface area contributed by atoms with Crippen LogP contribution in [0.25, 0.3) is 0 Å². The Bertz CT molecular complexity index is 298. The van der Waals surface area contributed by atoms with Gasteiger partial charge in [-0.2, -0.15) is 0 Å². The molecule has 0 bridgehead atoms. The minimum atomic E-state index is -0.0142. The molecule has 0 heterocycles. The van der Waals surface area contributed by atoms with E-state index >= 15 is 0 Å². The third-order valence-electron chi connectivity index (χ3n) is 3.35. The van der Waals surface area contributed by atoms with Gasteiger partial charge < -0.3 is 10.4 Å². The summed E-state index contributed by atoms with van der Waals surface area (Å²) in [6.07, 6.45) is 1.95. The van der Waals surface area contributed by atoms with Gasteiger partial charge in [-0.15, -0.1) is 0 Å². The van der Waals surface area contributed by atoms with Crippen molar-refractivity contribution < 1.29 is 5.11 Å². The number of benzene rings is 1. The Labute approximate surface area is 103 Å². The molecule has 2 N–H and O–H groups in total. The van der Waals surface area contributed by atoms with E-state index < -0.39 is 0 Å². The van der Waals surface area contributed by atoms with Gasteiger partial charge in [-0.05, 0) is 37.1 Å². The largest absolute Gasteiger partial charge is 0.396 e. The first-order chi connectivity index (χ1) is 7.65. The van der Waals surface area contributed by atoms with Crippen LogP contribution in [-0.2, 0) is 0 Å². The van der Waals surface area contributed by atoms with E-state index in [0.29, 0.717) is 0 Å². The van der Waals surface area contributed by atoms with Gasteiger partial charge in [0.25, 0.3) is 0 Å². The van der Waals surface area contributed by atoms with E-state index in [1.807, 2.05) is 24.3 Å². The smallest absolute Gasteiger partial charge is 0.0504 e. The van der Waals surface area contributed by atoms with Crippen LogP contribution in [0, 0.1) is 5.41 Å². The number of aliphatic hydroxyl groups is 1. The molecule has 1 aromatic carbocycles. The number of aliphatic hydroxyl groups excluding tert-OH is 1. The first-order valence-electron chi connectivity index (χ1n) is 5.76. The van der Waals surface area contributed by atoms with Crippen molar-refractivity contribution >= 4 is 17.3 Å². The molecule has 2 nitrogen and oxygen atoms in total. The van der Waals surface area contributed by atoms with Crippen molar-refractivity contribution in [2.45, 2.75) is 26.7 Å². The molecule has 3 heteroatoms. The summed E-state index contributed by atoms with van der Waals surface area (Å²) in [6.45, 7) is 5.24. The normalized spacial score (nSPS) is 11.5. The summed E-state index contributed by atoms with van der Waals surface area (Å²) in [4.78, 5) is 0. The molecule has 1 rings (SSSR count). The molecule has 0 aromatic heterocycles. The van der Waals surface area contributed by atoms with Gasteiger partial charge in [-0.3, -0.25) is 0 Å². The maximum Gasteiger partial charge on any atom is 0.0504 e. The summed E-state index contributed by atoms with van der Waals surface area (Å²) in [5, 5.41) is 13.5. The lowest BCUT2D eigenvalue weighted by molar-refractivity contribution is 0.127. The molecule has 16 heavy (non-hydrogen) atoms. The number of anilines is 1. The molecule has 1 aromatic rings. The Morgan fingerprint density at radius 3 is 2.19 bits per heavy atom. The molecule has 0 unspecified atom stereocenters. The molecular weight excluding hydrogens is 222 g/mol. The number of hydrogen-bond donors (Lipinski definition) is 2. The second-order valence-corrected chi connectivity index (χ2v) is 4.66. The number of halogens is 1. The zero-order valence-electron chi connectivity index (χ0n) is 9.96. The van der Waals surface area contributed by atoms with Crippen LogP contribution in [0.3, 0.4) is 0 Å². The molecule has 0 atom stereocenters. The lowest BCUT2D eigenvalue weighted by Crippen LogP contribution is -2.32. The minimum absolute atomic E-state index is 0.0142. The van der Waals surface area contributed by atoms with Gasteiger partial charge in [0.15, 0.2) is 0 Å². The Balaban J connectivity index is 2.58. The minimum Gasteiger partial charge on any atom is -0.396 e. The van der Waals surface area contributed by atoms with Crippen molar-refractivity contribution in [1.82, 2.24) is 0 Å². The second-order valence-electron chi connectivity index (χ2n) is 4.23. The van der Waals surface area contributed by atoms with Crippen LogP contribution in [0.4, 0.5) is 5.69 Å². The Morgan fingerprint density at radius 1 is 1.19 bits per heavy atom. The Hall–Kier alpha value is -0.730. The van der Waals surface area contributed by atoms with Crippen LogP contribution in [0.15, 0.2) is 24.3 Å². The molecule has 0 saturated carbocycles. The summed E-state index contributed by atoms with van der Waals surface area (Å²) in [7, 11) is 0. The van der Waals surface area contributed by atoms with Gasteiger partial charge in [-0.1, -0.05) is 25.4 Å². The highest BCUT2D eigenvalue weighted by Crippen LogP contribution is 2.26. The molecule has 0 aliphatic rings. The van der Waals surface area contributed by atoms with Gasteiger partial charge in [-0.25, -0.2) is 0 Å². The molecule has 0 saturated heterocycles. The highest BCUT2D eigenvalue weighted by Gasteiger charge is 2.24. The van der Waals surface area contributed by atoms with Crippen LogP contribution < -0.4 is 5.32 Å². The maximum absolute atomic E-state index is 9.44. The summed E-state index contributed by atoms with van der Waals surface area (Å²) in [6, 6.07) is 7.64. The highest BCUT2D eigenvalue weighted by atomic mass is 35.5. The quantitative estimate of drug-likeness (QED) is 0.798.